The summed E-state index contributed by atoms with van der Waals surface area (Å²) in [5.74, 6) is 1.54. The number of rotatable bonds is 10. The second kappa shape index (κ2) is 13.2. The lowest BCUT2D eigenvalue weighted by Crippen LogP contribution is -2.29. The van der Waals surface area contributed by atoms with Crippen molar-refractivity contribution in [1.82, 2.24) is 0 Å². The smallest absolute Gasteiger partial charge is 0.258 e. The summed E-state index contributed by atoms with van der Waals surface area (Å²) in [4.78, 5) is 15.7. The first-order valence-electron chi connectivity index (χ1n) is 13.4. The molecule has 190 valence electrons. The maximum atomic E-state index is 6.09. The molecule has 0 aliphatic carbocycles. The van der Waals surface area contributed by atoms with Crippen LogP contribution >= 0.6 is 0 Å². The van der Waals surface area contributed by atoms with E-state index in [1.54, 1.807) is 0 Å². The van der Waals surface area contributed by atoms with Gasteiger partial charge in [0.05, 0.1) is 11.4 Å². The standard InChI is InChI=1S/C29H41N2.C2H3.C2H.Al/c1-18(2)24-13-11-14-25(19(3)4)28(24)30-22(9)17-23(10)31-29-26(20(5)6)15-12-16-27(29)21(7)8;2*1-2;/h11-21H,1-10H3;1H,2H2;1H;. The van der Waals surface area contributed by atoms with E-state index in [0.29, 0.717) is 23.7 Å². The number of nitrogens with zero attached hydrogens (tertiary/aromatic N) is 2. The van der Waals surface area contributed by atoms with Crippen molar-refractivity contribution in [3.05, 3.63) is 70.2 Å². The Morgan fingerprint density at radius 3 is 1.25 bits per heavy atom. The second-order valence-corrected chi connectivity index (χ2v) is 13.6. The molecule has 0 aliphatic heterocycles. The minimum atomic E-state index is -1.84. The van der Waals surface area contributed by atoms with Crippen LogP contribution in [0.5, 0.6) is 0 Å². The molecule has 0 unspecified atom stereocenters. The van der Waals surface area contributed by atoms with Crippen LogP contribution in [-0.4, -0.2) is 25.6 Å². The van der Waals surface area contributed by atoms with Gasteiger partial charge in [0.25, 0.3) is 0 Å². The zero-order chi connectivity index (χ0) is 27.2. The van der Waals surface area contributed by atoms with Gasteiger partial charge in [-0.1, -0.05) is 91.8 Å². The molecule has 2 aromatic rings. The largest absolute Gasteiger partial charge is 0.420 e. The van der Waals surface area contributed by atoms with Crippen molar-refractivity contribution in [2.45, 2.75) is 97.7 Å². The molecule has 0 N–H and O–H groups in total. The zero-order valence-corrected chi connectivity index (χ0v) is 25.3. The Labute approximate surface area is 225 Å². The van der Waals surface area contributed by atoms with Crippen molar-refractivity contribution >= 4 is 36.9 Å². The van der Waals surface area contributed by atoms with Crippen LogP contribution in [0.15, 0.2) is 57.9 Å². The summed E-state index contributed by atoms with van der Waals surface area (Å²) in [7, 11) is 0. The SMILES string of the molecule is C#[C][Al]([CH]=C)[CH](C(C)=Nc1c(C(C)C)cccc1C(C)C)C(C)=Nc1c(C(C)C)cccc1C(C)C. The van der Waals surface area contributed by atoms with Gasteiger partial charge in [-0.25, -0.2) is 4.78 Å². The fourth-order valence-corrected chi connectivity index (χ4v) is 6.69. The van der Waals surface area contributed by atoms with Crippen LogP contribution in [0, 0.1) is 11.2 Å². The Hall–Kier alpha value is -2.39. The predicted molar refractivity (Wildman–Crippen MR) is 163 cm³/mol. The molecule has 0 bridgehead atoms. The van der Waals surface area contributed by atoms with Crippen LogP contribution in [0.25, 0.3) is 0 Å². The fourth-order valence-electron chi connectivity index (χ4n) is 4.90. The molecule has 2 rings (SSSR count). The van der Waals surface area contributed by atoms with E-state index in [0.717, 1.165) is 22.8 Å². The van der Waals surface area contributed by atoms with E-state index in [-0.39, 0.29) is 4.78 Å². The van der Waals surface area contributed by atoms with Crippen LogP contribution in [0.3, 0.4) is 0 Å². The highest BCUT2D eigenvalue weighted by molar-refractivity contribution is 6.80. The first-order chi connectivity index (χ1) is 16.9. The minimum absolute atomic E-state index is 0.00737. The van der Waals surface area contributed by atoms with Gasteiger partial charge in [0.1, 0.15) is 0 Å². The van der Waals surface area contributed by atoms with Gasteiger partial charge in [-0.15, -0.1) is 17.9 Å². The third-order valence-corrected chi connectivity index (χ3v) is 9.54. The van der Waals surface area contributed by atoms with E-state index in [1.807, 2.05) is 4.94 Å². The van der Waals surface area contributed by atoms with E-state index in [1.165, 1.54) is 22.3 Å². The van der Waals surface area contributed by atoms with Crippen molar-refractivity contribution in [3.8, 4) is 11.2 Å². The molecule has 2 aromatic carbocycles. The Balaban J connectivity index is 2.80. The summed E-state index contributed by atoms with van der Waals surface area (Å²) in [6.45, 7) is 26.2. The third-order valence-electron chi connectivity index (χ3n) is 6.97. The van der Waals surface area contributed by atoms with Crippen molar-refractivity contribution in [2.75, 3.05) is 0 Å². The lowest BCUT2D eigenvalue weighted by atomic mass is 9.92. The number of benzene rings is 2. The highest BCUT2D eigenvalue weighted by Crippen LogP contribution is 2.38. The highest BCUT2D eigenvalue weighted by Gasteiger charge is 2.31. The van der Waals surface area contributed by atoms with Crippen LogP contribution in [0.4, 0.5) is 11.4 Å². The lowest BCUT2D eigenvalue weighted by molar-refractivity contribution is 0.834. The molecular weight excluding hydrogens is 451 g/mol. The molecule has 0 spiro atoms. The quantitative estimate of drug-likeness (QED) is 0.178. The maximum absolute atomic E-state index is 6.09. The number of hydrogen-bond acceptors (Lipinski definition) is 2. The summed E-state index contributed by atoms with van der Waals surface area (Å²) in [6.07, 6.45) is 6.09. The van der Waals surface area contributed by atoms with Crippen LogP contribution in [0.1, 0.15) is 115 Å². The average Bonchev–Trinajstić information content (AvgIpc) is 2.81. The van der Waals surface area contributed by atoms with E-state index >= 15 is 0 Å². The molecule has 0 saturated carbocycles. The van der Waals surface area contributed by atoms with E-state index in [2.05, 4.69) is 117 Å². The number of hydrogen-bond donors (Lipinski definition) is 0. The molecule has 0 atom stereocenters. The zero-order valence-electron chi connectivity index (χ0n) is 24.2. The highest BCUT2D eigenvalue weighted by atomic mass is 27.2. The molecule has 36 heavy (non-hydrogen) atoms. The molecule has 0 saturated heterocycles. The molecule has 0 amide bonds. The molecule has 0 fully saturated rings. The molecule has 0 heterocycles. The van der Waals surface area contributed by atoms with Gasteiger partial charge >= 0.3 is 14.1 Å². The van der Waals surface area contributed by atoms with Gasteiger partial charge in [0.15, 0.2) is 0 Å². The average molecular weight is 497 g/mol. The third kappa shape index (κ3) is 6.88. The van der Waals surface area contributed by atoms with Gasteiger partial charge in [-0.2, -0.15) is 0 Å². The van der Waals surface area contributed by atoms with Gasteiger partial charge in [0, 0.05) is 16.2 Å². The van der Waals surface area contributed by atoms with Crippen molar-refractivity contribution < 1.29 is 0 Å². The van der Waals surface area contributed by atoms with Crippen LogP contribution in [-0.2, 0) is 0 Å². The minimum Gasteiger partial charge on any atom is -0.258 e. The predicted octanol–water partition coefficient (Wildman–Crippen LogP) is 9.83. The lowest BCUT2D eigenvalue weighted by Gasteiger charge is -2.23. The molecule has 0 radical (unpaired) electrons. The molecule has 2 nitrogen and oxygen atoms in total. The van der Waals surface area contributed by atoms with Gasteiger partial charge in [-0.3, -0.25) is 9.98 Å². The van der Waals surface area contributed by atoms with Crippen molar-refractivity contribution in [2.24, 2.45) is 9.98 Å². The Morgan fingerprint density at radius 2 is 1.03 bits per heavy atom. The summed E-state index contributed by atoms with van der Waals surface area (Å²) in [6, 6.07) is 13.1. The summed E-state index contributed by atoms with van der Waals surface area (Å²) in [5, 5.41) is 0. The Bertz CT molecular complexity index is 1030. The molecular formula is C33H45AlN2. The fraction of sp³-hybridized carbons (Fsp3) is 0.455. The number of para-hydroxylation sites is 2. The summed E-state index contributed by atoms with van der Waals surface area (Å²) in [5.41, 5.74) is 9.37. The van der Waals surface area contributed by atoms with Crippen LogP contribution in [0.2, 0.25) is 4.78 Å². The number of aliphatic imine (C=N–C) groups is 2. The van der Waals surface area contributed by atoms with E-state index in [4.69, 9.17) is 16.4 Å². The Kier molecular flexibility index (Phi) is 11.0. The normalized spacial score (nSPS) is 13.5. The molecule has 0 aliphatic rings. The first-order valence-corrected chi connectivity index (χ1v) is 15.3. The monoisotopic (exact) mass is 496 g/mol. The molecule has 0 aromatic heterocycles. The van der Waals surface area contributed by atoms with Gasteiger partial charge in [-0.05, 0) is 59.8 Å². The van der Waals surface area contributed by atoms with Crippen molar-refractivity contribution in [3.63, 3.8) is 0 Å². The number of terminal acetylenes is 1. The summed E-state index contributed by atoms with van der Waals surface area (Å²) >= 11 is -1.84. The summed E-state index contributed by atoms with van der Waals surface area (Å²) < 4.78 is 0.00737. The van der Waals surface area contributed by atoms with E-state index < -0.39 is 14.1 Å². The topological polar surface area (TPSA) is 24.7 Å². The Morgan fingerprint density at radius 1 is 0.722 bits per heavy atom. The van der Waals surface area contributed by atoms with Crippen molar-refractivity contribution in [1.29, 1.82) is 0 Å². The first kappa shape index (κ1) is 29.8. The van der Waals surface area contributed by atoms with Gasteiger partial charge < -0.3 is 0 Å². The maximum Gasteiger partial charge on any atom is 0.420 e. The van der Waals surface area contributed by atoms with Gasteiger partial charge in [0.2, 0.25) is 0 Å². The second-order valence-electron chi connectivity index (χ2n) is 11.1. The van der Waals surface area contributed by atoms with Crippen LogP contribution < -0.4 is 0 Å². The molecule has 3 heteroatoms. The van der Waals surface area contributed by atoms with E-state index in [9.17, 15) is 0 Å².